The minimum absolute atomic E-state index is 0.0479. The molecule has 136 valence electrons. The monoisotopic (exact) mass is 448 g/mol. The summed E-state index contributed by atoms with van der Waals surface area (Å²) in [5, 5.41) is 0.546. The number of hydrogen-bond acceptors (Lipinski definition) is 3. The van der Waals surface area contributed by atoms with Gasteiger partial charge >= 0.3 is 0 Å². The Morgan fingerprint density at radius 3 is 1.50 bits per heavy atom. The topological polar surface area (TPSA) is 51.2 Å². The Morgan fingerprint density at radius 2 is 1.19 bits per heavy atom. The molecule has 2 aromatic carbocycles. The molecule has 0 heterocycles. The first-order valence-corrected chi connectivity index (χ1v) is 10.1. The fraction of sp³-hybridized carbons (Fsp3) is 0.222. The predicted molar refractivity (Wildman–Crippen MR) is 107 cm³/mol. The SMILES string of the molecule is CC(CP=O)C(C(=O)c1c(Cl)cccc1Cl)C(=O)c1c(Cl)cccc1Cl. The van der Waals surface area contributed by atoms with Crippen LogP contribution in [0.3, 0.4) is 0 Å². The number of carbonyl (C=O) groups is 2. The Morgan fingerprint density at radius 1 is 0.846 bits per heavy atom. The minimum atomic E-state index is -1.17. The van der Waals surface area contributed by atoms with E-state index in [0.717, 1.165) is 0 Å². The van der Waals surface area contributed by atoms with E-state index in [4.69, 9.17) is 46.4 Å². The zero-order chi connectivity index (χ0) is 19.4. The van der Waals surface area contributed by atoms with Crippen LogP contribution in [-0.2, 0) is 4.57 Å². The molecule has 0 aromatic heterocycles. The van der Waals surface area contributed by atoms with E-state index in [2.05, 4.69) is 0 Å². The molecule has 2 aromatic rings. The lowest BCUT2D eigenvalue weighted by atomic mass is 9.82. The molecule has 0 aliphatic heterocycles. The summed E-state index contributed by atoms with van der Waals surface area (Å²) in [6, 6.07) is 9.26. The molecule has 0 N–H and O–H groups in total. The summed E-state index contributed by atoms with van der Waals surface area (Å²) in [7, 11) is -0.186. The van der Waals surface area contributed by atoms with Gasteiger partial charge < -0.3 is 0 Å². The third-order valence-corrected chi connectivity index (χ3v) is 5.90. The Hall–Kier alpha value is -0.960. The summed E-state index contributed by atoms with van der Waals surface area (Å²) in [5.74, 6) is -2.84. The van der Waals surface area contributed by atoms with Crippen LogP contribution in [0.2, 0.25) is 20.1 Å². The van der Waals surface area contributed by atoms with Crippen LogP contribution in [0.25, 0.3) is 0 Å². The van der Waals surface area contributed by atoms with E-state index in [-0.39, 0.29) is 45.8 Å². The van der Waals surface area contributed by atoms with Gasteiger partial charge in [0, 0.05) is 6.16 Å². The fourth-order valence-electron chi connectivity index (χ4n) is 2.64. The zero-order valence-electron chi connectivity index (χ0n) is 13.5. The standard InChI is InChI=1S/C18H13Cl4O3P/c1-9(8-26-25)14(17(23)15-10(19)4-2-5-11(15)20)18(24)16-12(21)6-3-7-13(16)22/h2-7,9,14H,8H2,1H3. The van der Waals surface area contributed by atoms with Gasteiger partial charge in [-0.05, 0) is 30.2 Å². The summed E-state index contributed by atoms with van der Waals surface area (Å²) in [6.07, 6.45) is 0.103. The van der Waals surface area contributed by atoms with Crippen molar-refractivity contribution in [2.24, 2.45) is 11.8 Å². The Balaban J connectivity index is 2.59. The van der Waals surface area contributed by atoms with E-state index in [1.807, 2.05) is 0 Å². The first-order valence-electron chi connectivity index (χ1n) is 7.55. The molecule has 2 rings (SSSR count). The number of carbonyl (C=O) groups excluding carboxylic acids is 2. The van der Waals surface area contributed by atoms with Gasteiger partial charge in [-0.15, -0.1) is 0 Å². The molecule has 0 aliphatic rings. The van der Waals surface area contributed by atoms with Crippen molar-refractivity contribution in [1.82, 2.24) is 0 Å². The van der Waals surface area contributed by atoms with Gasteiger partial charge in [0.15, 0.2) is 20.0 Å². The molecule has 0 aliphatic carbocycles. The van der Waals surface area contributed by atoms with Gasteiger partial charge in [0.05, 0.1) is 37.1 Å². The maximum Gasteiger partial charge on any atom is 0.176 e. The van der Waals surface area contributed by atoms with Crippen molar-refractivity contribution in [1.29, 1.82) is 0 Å². The zero-order valence-corrected chi connectivity index (χ0v) is 17.4. The second-order valence-electron chi connectivity index (χ2n) is 5.69. The second kappa shape index (κ2) is 9.30. The summed E-state index contributed by atoms with van der Waals surface area (Å²) in [6.45, 7) is 1.65. The first kappa shape index (κ1) is 21.3. The number of benzene rings is 2. The van der Waals surface area contributed by atoms with Crippen molar-refractivity contribution in [2.45, 2.75) is 6.92 Å². The van der Waals surface area contributed by atoms with Crippen LogP contribution >= 0.6 is 54.9 Å². The van der Waals surface area contributed by atoms with Crippen molar-refractivity contribution >= 4 is 66.4 Å². The number of rotatable bonds is 7. The summed E-state index contributed by atoms with van der Waals surface area (Å²) in [5.41, 5.74) is 0.0959. The Labute approximate surface area is 172 Å². The minimum Gasteiger partial charge on any atom is -0.293 e. The Kier molecular flexibility index (Phi) is 7.63. The van der Waals surface area contributed by atoms with Crippen molar-refractivity contribution in [3.8, 4) is 0 Å². The van der Waals surface area contributed by atoms with Gasteiger partial charge in [0.25, 0.3) is 0 Å². The molecule has 26 heavy (non-hydrogen) atoms. The lowest BCUT2D eigenvalue weighted by Gasteiger charge is -2.22. The van der Waals surface area contributed by atoms with Crippen molar-refractivity contribution in [3.05, 3.63) is 67.6 Å². The highest BCUT2D eigenvalue weighted by atomic mass is 35.5. The summed E-state index contributed by atoms with van der Waals surface area (Å²) < 4.78 is 11.1. The molecule has 0 bridgehead atoms. The van der Waals surface area contributed by atoms with E-state index in [1.54, 1.807) is 19.1 Å². The van der Waals surface area contributed by atoms with Crippen molar-refractivity contribution in [2.75, 3.05) is 6.16 Å². The molecular weight excluding hydrogens is 437 g/mol. The van der Waals surface area contributed by atoms with Crippen molar-refractivity contribution < 1.29 is 14.2 Å². The number of hydrogen-bond donors (Lipinski definition) is 0. The molecule has 1 unspecified atom stereocenters. The van der Waals surface area contributed by atoms with Gasteiger partial charge in [-0.3, -0.25) is 14.2 Å². The molecule has 1 atom stereocenters. The van der Waals surface area contributed by atoms with Crippen LogP contribution in [0.5, 0.6) is 0 Å². The van der Waals surface area contributed by atoms with Crippen LogP contribution in [0.1, 0.15) is 27.6 Å². The third kappa shape index (κ3) is 4.47. The first-order chi connectivity index (χ1) is 12.3. The van der Waals surface area contributed by atoms with Gasteiger partial charge in [-0.1, -0.05) is 65.5 Å². The molecule has 0 amide bonds. The van der Waals surface area contributed by atoms with Gasteiger partial charge in [0.1, 0.15) is 0 Å². The van der Waals surface area contributed by atoms with Crippen LogP contribution in [0.4, 0.5) is 0 Å². The van der Waals surface area contributed by atoms with E-state index in [1.165, 1.54) is 24.3 Å². The number of halogens is 4. The Bertz CT molecular complexity index is 766. The highest BCUT2D eigenvalue weighted by molar-refractivity contribution is 7.23. The summed E-state index contributed by atoms with van der Waals surface area (Å²) >= 11 is 24.5. The maximum atomic E-state index is 13.2. The van der Waals surface area contributed by atoms with Crippen molar-refractivity contribution in [3.63, 3.8) is 0 Å². The second-order valence-corrected chi connectivity index (χ2v) is 7.94. The summed E-state index contributed by atoms with van der Waals surface area (Å²) in [4.78, 5) is 26.3. The molecule has 0 saturated carbocycles. The smallest absolute Gasteiger partial charge is 0.176 e. The third-order valence-electron chi connectivity index (χ3n) is 3.91. The largest absolute Gasteiger partial charge is 0.293 e. The van der Waals surface area contributed by atoms with Crippen LogP contribution < -0.4 is 0 Å². The van der Waals surface area contributed by atoms with Gasteiger partial charge in [-0.2, -0.15) is 0 Å². The average molecular weight is 450 g/mol. The lowest BCUT2D eigenvalue weighted by Crippen LogP contribution is -2.32. The average Bonchev–Trinajstić information content (AvgIpc) is 2.55. The number of ketones is 2. The predicted octanol–water partition coefficient (Wildman–Crippen LogP) is 6.91. The molecule has 0 spiro atoms. The van der Waals surface area contributed by atoms with Crippen LogP contribution in [0.15, 0.2) is 36.4 Å². The number of Topliss-reactive ketones (excluding diaryl/α,β-unsaturated/α-hetero) is 2. The normalized spacial score (nSPS) is 12.4. The molecule has 0 fully saturated rings. The maximum absolute atomic E-state index is 13.2. The van der Waals surface area contributed by atoms with Crippen LogP contribution in [-0.4, -0.2) is 17.7 Å². The molecule has 0 saturated heterocycles. The highest BCUT2D eigenvalue weighted by Gasteiger charge is 2.37. The van der Waals surface area contributed by atoms with E-state index < -0.39 is 23.4 Å². The van der Waals surface area contributed by atoms with E-state index >= 15 is 0 Å². The van der Waals surface area contributed by atoms with Crippen LogP contribution in [0, 0.1) is 11.8 Å². The molecule has 3 nitrogen and oxygen atoms in total. The van der Waals surface area contributed by atoms with Gasteiger partial charge in [0.2, 0.25) is 0 Å². The molecule has 0 radical (unpaired) electrons. The fourth-order valence-corrected chi connectivity index (χ4v) is 4.25. The molecule has 8 heteroatoms. The highest BCUT2D eigenvalue weighted by Crippen LogP contribution is 2.35. The van der Waals surface area contributed by atoms with E-state index in [9.17, 15) is 14.2 Å². The van der Waals surface area contributed by atoms with E-state index in [0.29, 0.717) is 0 Å². The quantitative estimate of drug-likeness (QED) is 0.262. The van der Waals surface area contributed by atoms with Gasteiger partial charge in [-0.25, -0.2) is 0 Å². The lowest BCUT2D eigenvalue weighted by molar-refractivity contribution is 0.0769. The molecular formula is C18H13Cl4O3P.